The van der Waals surface area contributed by atoms with Crippen molar-refractivity contribution in [3.63, 3.8) is 0 Å². The van der Waals surface area contributed by atoms with E-state index in [0.29, 0.717) is 11.6 Å². The number of anilines is 2. The van der Waals surface area contributed by atoms with Crippen LogP contribution < -0.4 is 10.0 Å². The number of hydrogen-bond donors (Lipinski definition) is 2. The summed E-state index contributed by atoms with van der Waals surface area (Å²) < 4.78 is 28.5. The molecule has 1 aliphatic heterocycles. The Morgan fingerprint density at radius 3 is 2.35 bits per heavy atom. The molecule has 34 heavy (non-hydrogen) atoms. The number of rotatable bonds is 7. The maximum atomic E-state index is 13.3. The minimum absolute atomic E-state index is 0.0292. The fraction of sp³-hybridized carbons (Fsp3) is 0.400. The van der Waals surface area contributed by atoms with Crippen LogP contribution in [0.4, 0.5) is 11.4 Å². The SMILES string of the molecule is CC(=O)Nc1ccc(S(=O)(=O)Nc2cccc3c2C(=O)N([C@@H](C)CC2CCCCC2)C3=O)cc1. The van der Waals surface area contributed by atoms with Crippen LogP contribution in [0, 0.1) is 5.92 Å². The van der Waals surface area contributed by atoms with Crippen LogP contribution >= 0.6 is 0 Å². The summed E-state index contributed by atoms with van der Waals surface area (Å²) in [5.41, 5.74) is 0.840. The van der Waals surface area contributed by atoms with Gasteiger partial charge in [-0.05, 0) is 55.7 Å². The first-order valence-corrected chi connectivity index (χ1v) is 13.1. The highest BCUT2D eigenvalue weighted by Gasteiger charge is 2.41. The first-order chi connectivity index (χ1) is 16.2. The lowest BCUT2D eigenvalue weighted by Crippen LogP contribution is -2.39. The van der Waals surface area contributed by atoms with Crippen molar-refractivity contribution >= 4 is 39.1 Å². The number of nitrogens with one attached hydrogen (secondary N) is 2. The Kier molecular flexibility index (Phi) is 6.74. The predicted octanol–water partition coefficient (Wildman–Crippen LogP) is 4.40. The third-order valence-corrected chi connectivity index (χ3v) is 7.90. The van der Waals surface area contributed by atoms with Gasteiger partial charge in [-0.25, -0.2) is 8.42 Å². The molecule has 0 saturated heterocycles. The Balaban J connectivity index is 1.56. The summed E-state index contributed by atoms with van der Waals surface area (Å²) in [4.78, 5) is 38.8. The van der Waals surface area contributed by atoms with E-state index in [1.807, 2.05) is 6.92 Å². The maximum Gasteiger partial charge on any atom is 0.263 e. The summed E-state index contributed by atoms with van der Waals surface area (Å²) in [5.74, 6) is -0.628. The van der Waals surface area contributed by atoms with Gasteiger partial charge >= 0.3 is 0 Å². The smallest absolute Gasteiger partial charge is 0.263 e. The molecule has 180 valence electrons. The summed E-state index contributed by atoms with van der Waals surface area (Å²) in [7, 11) is -4.03. The van der Waals surface area contributed by atoms with Crippen LogP contribution in [0.1, 0.15) is 73.1 Å². The molecule has 0 spiro atoms. The van der Waals surface area contributed by atoms with Gasteiger partial charge in [-0.2, -0.15) is 0 Å². The van der Waals surface area contributed by atoms with Gasteiger partial charge in [0.15, 0.2) is 0 Å². The molecule has 1 heterocycles. The Labute approximate surface area is 199 Å². The van der Waals surface area contributed by atoms with Gasteiger partial charge in [-0.15, -0.1) is 0 Å². The number of carbonyl (C=O) groups is 3. The maximum absolute atomic E-state index is 13.3. The van der Waals surface area contributed by atoms with Crippen LogP contribution in [0.15, 0.2) is 47.4 Å². The minimum Gasteiger partial charge on any atom is -0.326 e. The molecule has 9 heteroatoms. The van der Waals surface area contributed by atoms with Crippen LogP contribution in [-0.4, -0.2) is 37.1 Å². The average molecular weight is 484 g/mol. The minimum atomic E-state index is -4.03. The summed E-state index contributed by atoms with van der Waals surface area (Å²) in [5, 5.41) is 2.58. The first kappa shape index (κ1) is 23.9. The second-order valence-electron chi connectivity index (χ2n) is 9.11. The topological polar surface area (TPSA) is 113 Å². The van der Waals surface area contributed by atoms with Crippen LogP contribution in [-0.2, 0) is 14.8 Å². The van der Waals surface area contributed by atoms with Crippen LogP contribution in [0.5, 0.6) is 0 Å². The molecule has 0 bridgehead atoms. The van der Waals surface area contributed by atoms with Crippen molar-refractivity contribution in [3.8, 4) is 0 Å². The number of hydrogen-bond acceptors (Lipinski definition) is 5. The van der Waals surface area contributed by atoms with Crippen molar-refractivity contribution in [2.24, 2.45) is 5.92 Å². The largest absolute Gasteiger partial charge is 0.326 e. The van der Waals surface area contributed by atoms with Gasteiger partial charge in [-0.1, -0.05) is 38.2 Å². The zero-order valence-corrected chi connectivity index (χ0v) is 20.2. The summed E-state index contributed by atoms with van der Waals surface area (Å²) in [6.07, 6.45) is 6.57. The zero-order chi connectivity index (χ0) is 24.5. The number of amides is 3. The fourth-order valence-corrected chi connectivity index (χ4v) is 6.00. The van der Waals surface area contributed by atoms with Crippen molar-refractivity contribution < 1.29 is 22.8 Å². The molecule has 0 unspecified atom stereocenters. The van der Waals surface area contributed by atoms with Crippen LogP contribution in [0.3, 0.4) is 0 Å². The van der Waals surface area contributed by atoms with E-state index < -0.39 is 15.9 Å². The molecule has 1 fully saturated rings. The van der Waals surface area contributed by atoms with E-state index >= 15 is 0 Å². The predicted molar refractivity (Wildman–Crippen MR) is 129 cm³/mol. The number of sulfonamides is 1. The molecule has 0 radical (unpaired) electrons. The average Bonchev–Trinajstić information content (AvgIpc) is 3.05. The van der Waals surface area contributed by atoms with Gasteiger partial charge in [-0.3, -0.25) is 24.0 Å². The molecule has 2 N–H and O–H groups in total. The normalized spacial score (nSPS) is 17.4. The molecular formula is C25H29N3O5S. The van der Waals surface area contributed by atoms with Crippen molar-refractivity contribution in [2.45, 2.75) is 63.3 Å². The number of nitrogens with zero attached hydrogens (tertiary/aromatic N) is 1. The highest BCUT2D eigenvalue weighted by Crippen LogP contribution is 2.35. The molecule has 8 nitrogen and oxygen atoms in total. The second-order valence-corrected chi connectivity index (χ2v) is 10.8. The lowest BCUT2D eigenvalue weighted by Gasteiger charge is -2.29. The van der Waals surface area contributed by atoms with E-state index in [1.165, 1.54) is 61.4 Å². The van der Waals surface area contributed by atoms with Gasteiger partial charge in [0, 0.05) is 18.7 Å². The fourth-order valence-electron chi connectivity index (χ4n) is 4.92. The van der Waals surface area contributed by atoms with E-state index in [4.69, 9.17) is 0 Å². The van der Waals surface area contributed by atoms with E-state index in [0.717, 1.165) is 19.3 Å². The quantitative estimate of drug-likeness (QED) is 0.567. The molecule has 1 aliphatic carbocycles. The lowest BCUT2D eigenvalue weighted by molar-refractivity contribution is -0.114. The molecule has 4 rings (SSSR count). The number of imide groups is 1. The van der Waals surface area contributed by atoms with Crippen LogP contribution in [0.25, 0.3) is 0 Å². The first-order valence-electron chi connectivity index (χ1n) is 11.6. The number of benzene rings is 2. The monoisotopic (exact) mass is 483 g/mol. The van der Waals surface area contributed by atoms with E-state index in [-0.39, 0.29) is 39.6 Å². The Bertz CT molecular complexity index is 1220. The van der Waals surface area contributed by atoms with E-state index in [9.17, 15) is 22.8 Å². The number of fused-ring (bicyclic) bond motifs is 1. The standard InChI is InChI=1S/C25H29N3O5S/c1-16(15-18-7-4-3-5-8-18)28-24(30)21-9-6-10-22(23(21)25(28)31)27-34(32,33)20-13-11-19(12-14-20)26-17(2)29/h6,9-14,16,18,27H,3-5,7-8,15H2,1-2H3,(H,26,29)/t16-/m0/s1. The van der Waals surface area contributed by atoms with E-state index in [2.05, 4.69) is 10.0 Å². The molecule has 2 aromatic carbocycles. The Morgan fingerprint density at radius 2 is 1.71 bits per heavy atom. The van der Waals surface area contributed by atoms with Crippen molar-refractivity contribution in [3.05, 3.63) is 53.6 Å². The van der Waals surface area contributed by atoms with E-state index in [1.54, 1.807) is 12.1 Å². The lowest BCUT2D eigenvalue weighted by atomic mass is 9.85. The molecular weight excluding hydrogens is 454 g/mol. The molecule has 2 aliphatic rings. The molecule has 0 aromatic heterocycles. The highest BCUT2D eigenvalue weighted by atomic mass is 32.2. The molecule has 3 amide bonds. The Hall–Kier alpha value is -3.20. The van der Waals surface area contributed by atoms with Gasteiger partial charge in [0.2, 0.25) is 5.91 Å². The van der Waals surface area contributed by atoms with Gasteiger partial charge in [0.1, 0.15) is 0 Å². The molecule has 2 aromatic rings. The van der Waals surface area contributed by atoms with Gasteiger partial charge in [0.05, 0.1) is 21.7 Å². The van der Waals surface area contributed by atoms with Crippen molar-refractivity contribution in [1.29, 1.82) is 0 Å². The van der Waals surface area contributed by atoms with Crippen LogP contribution in [0.2, 0.25) is 0 Å². The molecule has 1 atom stereocenters. The van der Waals surface area contributed by atoms with Crippen molar-refractivity contribution in [2.75, 3.05) is 10.0 Å². The third kappa shape index (κ3) is 4.84. The molecule has 1 saturated carbocycles. The summed E-state index contributed by atoms with van der Waals surface area (Å²) in [6.45, 7) is 3.25. The highest BCUT2D eigenvalue weighted by molar-refractivity contribution is 7.92. The van der Waals surface area contributed by atoms with Gasteiger partial charge < -0.3 is 5.32 Å². The summed E-state index contributed by atoms with van der Waals surface area (Å²) in [6, 6.07) is 10.0. The third-order valence-electron chi connectivity index (χ3n) is 6.52. The number of carbonyl (C=O) groups excluding carboxylic acids is 3. The summed E-state index contributed by atoms with van der Waals surface area (Å²) >= 11 is 0. The zero-order valence-electron chi connectivity index (χ0n) is 19.3. The second kappa shape index (κ2) is 9.58. The van der Waals surface area contributed by atoms with Gasteiger partial charge in [0.25, 0.3) is 21.8 Å². The Morgan fingerprint density at radius 1 is 1.03 bits per heavy atom. The van der Waals surface area contributed by atoms with Crippen molar-refractivity contribution in [1.82, 2.24) is 4.90 Å².